The molecule has 2 N–H and O–H groups in total. The lowest BCUT2D eigenvalue weighted by atomic mass is 10.0. The molecule has 9 heteroatoms. The molecular formula is C19H16F2N2O5. The zero-order valence-corrected chi connectivity index (χ0v) is 15.0. The van der Waals surface area contributed by atoms with Crippen molar-refractivity contribution >= 4 is 29.2 Å². The molecule has 7 nitrogen and oxygen atoms in total. The number of amides is 2. The van der Waals surface area contributed by atoms with Crippen molar-refractivity contribution in [1.29, 1.82) is 0 Å². The zero-order valence-electron chi connectivity index (χ0n) is 15.0. The molecule has 1 unspecified atom stereocenters. The van der Waals surface area contributed by atoms with Crippen molar-refractivity contribution in [1.82, 2.24) is 0 Å². The first-order valence-corrected chi connectivity index (χ1v) is 8.32. The first-order valence-electron chi connectivity index (χ1n) is 8.32. The van der Waals surface area contributed by atoms with Crippen LogP contribution < -0.4 is 15.4 Å². The van der Waals surface area contributed by atoms with Crippen molar-refractivity contribution < 1.29 is 32.6 Å². The van der Waals surface area contributed by atoms with Crippen LogP contribution in [-0.2, 0) is 14.3 Å². The largest absolute Gasteiger partial charge is 0.464 e. The average molecular weight is 390 g/mol. The number of nitrogens with one attached hydrogen (secondary N) is 2. The molecule has 28 heavy (non-hydrogen) atoms. The maximum absolute atomic E-state index is 13.8. The van der Waals surface area contributed by atoms with E-state index in [1.807, 2.05) is 0 Å². The lowest BCUT2D eigenvalue weighted by Crippen LogP contribution is -2.55. The molecule has 146 valence electrons. The number of esters is 1. The molecular weight excluding hydrogens is 374 g/mol. The number of carbonyl (C=O) groups excluding carboxylic acids is 3. The number of halogens is 2. The SMILES string of the molecule is CCOC(=O)C1(C)Oc2cc(NC(=O)c3cc(F)ccc3F)ccc2NC1=O. The van der Waals surface area contributed by atoms with Gasteiger partial charge in [-0.3, -0.25) is 9.59 Å². The van der Waals surface area contributed by atoms with Crippen LogP contribution in [0.4, 0.5) is 20.2 Å². The van der Waals surface area contributed by atoms with Crippen molar-refractivity contribution in [3.8, 4) is 5.75 Å². The van der Waals surface area contributed by atoms with Crippen LogP contribution in [0, 0.1) is 11.6 Å². The van der Waals surface area contributed by atoms with Gasteiger partial charge in [0.15, 0.2) is 0 Å². The number of carbonyl (C=O) groups is 3. The highest BCUT2D eigenvalue weighted by Crippen LogP contribution is 2.36. The number of benzene rings is 2. The topological polar surface area (TPSA) is 93.7 Å². The summed E-state index contributed by atoms with van der Waals surface area (Å²) in [5.41, 5.74) is -1.90. The van der Waals surface area contributed by atoms with Crippen LogP contribution in [-0.4, -0.2) is 30.0 Å². The first kappa shape index (κ1) is 19.3. The van der Waals surface area contributed by atoms with Gasteiger partial charge in [0.25, 0.3) is 17.4 Å². The van der Waals surface area contributed by atoms with Gasteiger partial charge in [-0.2, -0.15) is 0 Å². The maximum atomic E-state index is 13.8. The van der Waals surface area contributed by atoms with Crippen LogP contribution in [0.2, 0.25) is 0 Å². The Balaban J connectivity index is 1.86. The summed E-state index contributed by atoms with van der Waals surface area (Å²) in [5.74, 6) is -3.97. The van der Waals surface area contributed by atoms with Crippen LogP contribution in [0.15, 0.2) is 36.4 Å². The standard InChI is InChI=1S/C19H16F2N2O5/c1-3-27-18(26)19(2)17(25)23-14-7-5-11(9-15(14)28-19)22-16(24)12-8-10(20)4-6-13(12)21/h4-9H,3H2,1-2H3,(H,22,24)(H,23,25). The van der Waals surface area contributed by atoms with Gasteiger partial charge in [0.2, 0.25) is 0 Å². The van der Waals surface area contributed by atoms with E-state index in [0.717, 1.165) is 18.2 Å². The summed E-state index contributed by atoms with van der Waals surface area (Å²) in [6.07, 6.45) is 0. The summed E-state index contributed by atoms with van der Waals surface area (Å²) in [7, 11) is 0. The number of fused-ring (bicyclic) bond motifs is 1. The molecule has 0 fully saturated rings. The summed E-state index contributed by atoms with van der Waals surface area (Å²) in [6.45, 7) is 2.92. The lowest BCUT2D eigenvalue weighted by Gasteiger charge is -2.32. The Morgan fingerprint density at radius 1 is 1.21 bits per heavy atom. The summed E-state index contributed by atoms with van der Waals surface area (Å²) < 4.78 is 37.5. The molecule has 1 heterocycles. The third-order valence-electron chi connectivity index (χ3n) is 4.07. The van der Waals surface area contributed by atoms with E-state index >= 15 is 0 Å². The third kappa shape index (κ3) is 3.51. The van der Waals surface area contributed by atoms with Crippen LogP contribution in [0.1, 0.15) is 24.2 Å². The second-order valence-electron chi connectivity index (χ2n) is 6.10. The maximum Gasteiger partial charge on any atom is 0.360 e. The van der Waals surface area contributed by atoms with Crippen molar-refractivity contribution in [2.75, 3.05) is 17.2 Å². The van der Waals surface area contributed by atoms with E-state index in [1.54, 1.807) is 6.92 Å². The minimum atomic E-state index is -1.90. The number of ether oxygens (including phenoxy) is 2. The molecule has 0 spiro atoms. The van der Waals surface area contributed by atoms with Gasteiger partial charge in [0.05, 0.1) is 17.9 Å². The highest BCUT2D eigenvalue weighted by atomic mass is 19.1. The van der Waals surface area contributed by atoms with Crippen LogP contribution >= 0.6 is 0 Å². The predicted molar refractivity (Wildman–Crippen MR) is 95.0 cm³/mol. The van der Waals surface area contributed by atoms with Gasteiger partial charge in [-0.25, -0.2) is 13.6 Å². The highest BCUT2D eigenvalue weighted by molar-refractivity contribution is 6.14. The monoisotopic (exact) mass is 390 g/mol. The second-order valence-corrected chi connectivity index (χ2v) is 6.10. The highest BCUT2D eigenvalue weighted by Gasteiger charge is 2.48. The van der Waals surface area contributed by atoms with Gasteiger partial charge < -0.3 is 20.1 Å². The molecule has 0 bridgehead atoms. The summed E-state index contributed by atoms with van der Waals surface area (Å²) in [4.78, 5) is 36.6. The van der Waals surface area contributed by atoms with Gasteiger partial charge in [0, 0.05) is 11.8 Å². The second kappa shape index (κ2) is 7.26. The molecule has 0 saturated carbocycles. The Bertz CT molecular complexity index is 979. The molecule has 1 atom stereocenters. The molecule has 1 aliphatic heterocycles. The van der Waals surface area contributed by atoms with Crippen LogP contribution in [0.5, 0.6) is 5.75 Å². The Labute approximate surface area is 158 Å². The van der Waals surface area contributed by atoms with Crippen molar-refractivity contribution in [3.63, 3.8) is 0 Å². The molecule has 3 rings (SSSR count). The van der Waals surface area contributed by atoms with E-state index in [9.17, 15) is 23.2 Å². The van der Waals surface area contributed by atoms with E-state index in [-0.39, 0.29) is 23.7 Å². The molecule has 2 aromatic carbocycles. The van der Waals surface area contributed by atoms with E-state index in [2.05, 4.69) is 10.6 Å². The Hall–Kier alpha value is -3.49. The summed E-state index contributed by atoms with van der Waals surface area (Å²) in [6, 6.07) is 6.75. The van der Waals surface area contributed by atoms with Crippen LogP contribution in [0.25, 0.3) is 0 Å². The smallest absolute Gasteiger partial charge is 0.360 e. The molecule has 0 saturated heterocycles. The van der Waals surface area contributed by atoms with Crippen molar-refractivity contribution in [3.05, 3.63) is 53.6 Å². The number of hydrogen-bond donors (Lipinski definition) is 2. The molecule has 0 aromatic heterocycles. The first-order chi connectivity index (χ1) is 13.2. The minimum Gasteiger partial charge on any atom is -0.464 e. The zero-order chi connectivity index (χ0) is 20.5. The van der Waals surface area contributed by atoms with Crippen LogP contribution in [0.3, 0.4) is 0 Å². The minimum absolute atomic E-state index is 0.0627. The van der Waals surface area contributed by atoms with Crippen molar-refractivity contribution in [2.24, 2.45) is 0 Å². The Kier molecular flexibility index (Phi) is 5.00. The Morgan fingerprint density at radius 3 is 2.68 bits per heavy atom. The molecule has 1 aliphatic rings. The van der Waals surface area contributed by atoms with Gasteiger partial charge in [-0.05, 0) is 44.2 Å². The van der Waals surface area contributed by atoms with E-state index in [4.69, 9.17) is 9.47 Å². The fourth-order valence-corrected chi connectivity index (χ4v) is 2.57. The average Bonchev–Trinajstić information content (AvgIpc) is 2.65. The predicted octanol–water partition coefficient (Wildman–Crippen LogP) is 2.87. The number of anilines is 2. The van der Waals surface area contributed by atoms with Gasteiger partial charge >= 0.3 is 5.97 Å². The lowest BCUT2D eigenvalue weighted by molar-refractivity contribution is -0.165. The van der Waals surface area contributed by atoms with Gasteiger partial charge in [-0.15, -0.1) is 0 Å². The normalized spacial score (nSPS) is 17.8. The third-order valence-corrected chi connectivity index (χ3v) is 4.07. The van der Waals surface area contributed by atoms with E-state index < -0.39 is 40.6 Å². The van der Waals surface area contributed by atoms with E-state index in [1.165, 1.54) is 25.1 Å². The number of hydrogen-bond acceptors (Lipinski definition) is 5. The van der Waals surface area contributed by atoms with Gasteiger partial charge in [-0.1, -0.05) is 0 Å². The molecule has 0 aliphatic carbocycles. The molecule has 0 radical (unpaired) electrons. The molecule has 2 amide bonds. The fourth-order valence-electron chi connectivity index (χ4n) is 2.57. The van der Waals surface area contributed by atoms with E-state index in [0.29, 0.717) is 0 Å². The Morgan fingerprint density at radius 2 is 1.96 bits per heavy atom. The fraction of sp³-hybridized carbons (Fsp3) is 0.211. The van der Waals surface area contributed by atoms with Crippen molar-refractivity contribution in [2.45, 2.75) is 19.4 Å². The quantitative estimate of drug-likeness (QED) is 0.619. The van der Waals surface area contributed by atoms with Gasteiger partial charge in [0.1, 0.15) is 17.4 Å². The molecule has 2 aromatic rings. The summed E-state index contributed by atoms with van der Waals surface area (Å²) in [5, 5.41) is 4.95. The number of rotatable bonds is 4. The summed E-state index contributed by atoms with van der Waals surface area (Å²) >= 11 is 0.